The van der Waals surface area contributed by atoms with Gasteiger partial charge in [-0.3, -0.25) is 4.90 Å². The van der Waals surface area contributed by atoms with Gasteiger partial charge in [0, 0.05) is 24.8 Å². The normalized spacial score (nSPS) is 20.1. The number of likely N-dealkylation sites (tertiary alicyclic amines) is 1. The van der Waals surface area contributed by atoms with E-state index in [9.17, 15) is 14.6 Å². The Labute approximate surface area is 172 Å². The van der Waals surface area contributed by atoms with Crippen molar-refractivity contribution in [1.29, 1.82) is 0 Å². The minimum absolute atomic E-state index is 0.0868. The molecule has 0 saturated carbocycles. The molecule has 1 heterocycles. The Morgan fingerprint density at radius 3 is 2.66 bits per heavy atom. The van der Waals surface area contributed by atoms with Crippen LogP contribution in [0.3, 0.4) is 0 Å². The summed E-state index contributed by atoms with van der Waals surface area (Å²) in [5, 5.41) is 19.2. The van der Waals surface area contributed by atoms with Crippen LogP contribution in [0.5, 0.6) is 0 Å². The van der Waals surface area contributed by atoms with E-state index in [2.05, 4.69) is 4.90 Å². The van der Waals surface area contributed by atoms with Gasteiger partial charge in [0.1, 0.15) is 5.82 Å². The zero-order chi connectivity index (χ0) is 20.5. The molecule has 2 N–H and O–H groups in total. The van der Waals surface area contributed by atoms with Crippen molar-refractivity contribution < 1.29 is 19.3 Å². The third-order valence-corrected chi connectivity index (χ3v) is 5.64. The molecule has 158 valence electrons. The van der Waals surface area contributed by atoms with E-state index in [-0.39, 0.29) is 24.6 Å². The lowest BCUT2D eigenvalue weighted by molar-refractivity contribution is 0.0160. The van der Waals surface area contributed by atoms with Crippen LogP contribution in [0.25, 0.3) is 11.1 Å². The summed E-state index contributed by atoms with van der Waals surface area (Å²) >= 11 is 0. The van der Waals surface area contributed by atoms with Crippen LogP contribution >= 0.6 is 0 Å². The molecule has 0 bridgehead atoms. The van der Waals surface area contributed by atoms with Crippen molar-refractivity contribution in [3.05, 3.63) is 59.9 Å². The van der Waals surface area contributed by atoms with Crippen LogP contribution in [0.4, 0.5) is 4.39 Å². The summed E-state index contributed by atoms with van der Waals surface area (Å²) in [7, 11) is 0. The van der Waals surface area contributed by atoms with Crippen molar-refractivity contribution in [1.82, 2.24) is 4.90 Å². The van der Waals surface area contributed by atoms with E-state index in [1.165, 1.54) is 0 Å². The maximum absolute atomic E-state index is 14.4. The van der Waals surface area contributed by atoms with Gasteiger partial charge in [0.25, 0.3) is 0 Å². The second-order valence-corrected chi connectivity index (χ2v) is 7.84. The number of aliphatic hydroxyl groups is 2. The molecule has 3 rings (SSSR count). The molecule has 0 aromatic heterocycles. The van der Waals surface area contributed by atoms with Crippen molar-refractivity contribution in [2.75, 3.05) is 26.3 Å². The Morgan fingerprint density at radius 2 is 1.90 bits per heavy atom. The Kier molecular flexibility index (Phi) is 8.62. The first-order chi connectivity index (χ1) is 14.2. The first kappa shape index (κ1) is 21.9. The van der Waals surface area contributed by atoms with Gasteiger partial charge in [-0.2, -0.15) is 0 Å². The van der Waals surface area contributed by atoms with Gasteiger partial charge in [0.05, 0.1) is 19.3 Å². The van der Waals surface area contributed by atoms with Crippen LogP contribution in [0, 0.1) is 5.82 Å². The molecule has 2 aromatic rings. The van der Waals surface area contributed by atoms with E-state index < -0.39 is 0 Å². The minimum Gasteiger partial charge on any atom is -0.395 e. The monoisotopic (exact) mass is 401 g/mol. The highest BCUT2D eigenvalue weighted by molar-refractivity contribution is 5.64. The van der Waals surface area contributed by atoms with Crippen molar-refractivity contribution in [2.24, 2.45) is 0 Å². The first-order valence-corrected chi connectivity index (χ1v) is 10.6. The number of nitrogens with zero attached hydrogens (tertiary/aromatic N) is 1. The standard InChI is InChI=1S/C24H32FNO3/c25-24-15-19(9-10-23(24)20-7-3-1-4-8-20)18-29-14-6-2-5-12-26-13-11-22(28)16-21(26)17-27/h1,3-4,7-10,15,21-22,27-28H,2,5-6,11-14,16-18H2. The highest BCUT2D eigenvalue weighted by atomic mass is 19.1. The number of piperidine rings is 1. The number of ether oxygens (including phenoxy) is 1. The summed E-state index contributed by atoms with van der Waals surface area (Å²) in [6.07, 6.45) is 4.25. The molecule has 1 aliphatic rings. The molecular formula is C24H32FNO3. The predicted molar refractivity (Wildman–Crippen MR) is 113 cm³/mol. The Morgan fingerprint density at radius 1 is 1.07 bits per heavy atom. The van der Waals surface area contributed by atoms with Gasteiger partial charge < -0.3 is 14.9 Å². The lowest BCUT2D eigenvalue weighted by atomic mass is 9.99. The SMILES string of the molecule is OCC1CC(O)CCN1CCCCCOCc1ccc(-c2ccccc2)c(F)c1. The molecular weight excluding hydrogens is 369 g/mol. The van der Waals surface area contributed by atoms with E-state index in [4.69, 9.17) is 4.74 Å². The van der Waals surface area contributed by atoms with Gasteiger partial charge in [-0.1, -0.05) is 42.5 Å². The molecule has 2 atom stereocenters. The predicted octanol–water partition coefficient (Wildman–Crippen LogP) is 4.00. The number of halogens is 1. The quantitative estimate of drug-likeness (QED) is 0.591. The largest absolute Gasteiger partial charge is 0.395 e. The number of unbranched alkanes of at least 4 members (excludes halogenated alkanes) is 2. The van der Waals surface area contributed by atoms with Gasteiger partial charge in [-0.15, -0.1) is 0 Å². The Balaban J connectivity index is 1.32. The highest BCUT2D eigenvalue weighted by Crippen LogP contribution is 2.23. The lowest BCUT2D eigenvalue weighted by Crippen LogP contribution is -2.46. The molecule has 2 aromatic carbocycles. The van der Waals surface area contributed by atoms with Gasteiger partial charge in [-0.05, 0) is 55.8 Å². The highest BCUT2D eigenvalue weighted by Gasteiger charge is 2.26. The van der Waals surface area contributed by atoms with Crippen LogP contribution < -0.4 is 0 Å². The van der Waals surface area contributed by atoms with E-state index in [0.29, 0.717) is 25.2 Å². The van der Waals surface area contributed by atoms with Gasteiger partial charge in [-0.25, -0.2) is 4.39 Å². The fraction of sp³-hybridized carbons (Fsp3) is 0.500. The maximum atomic E-state index is 14.4. The third kappa shape index (κ3) is 6.61. The summed E-state index contributed by atoms with van der Waals surface area (Å²) in [6, 6.07) is 14.9. The minimum atomic E-state index is -0.275. The first-order valence-electron chi connectivity index (χ1n) is 10.6. The third-order valence-electron chi connectivity index (χ3n) is 5.64. The van der Waals surface area contributed by atoms with E-state index in [1.54, 1.807) is 6.07 Å². The second kappa shape index (κ2) is 11.4. The second-order valence-electron chi connectivity index (χ2n) is 7.84. The number of hydrogen-bond donors (Lipinski definition) is 2. The molecule has 4 nitrogen and oxygen atoms in total. The fourth-order valence-corrected chi connectivity index (χ4v) is 3.95. The Hall–Kier alpha value is -1.79. The molecule has 5 heteroatoms. The molecule has 1 fully saturated rings. The lowest BCUT2D eigenvalue weighted by Gasteiger charge is -2.36. The van der Waals surface area contributed by atoms with Crippen molar-refractivity contribution in [2.45, 2.75) is 50.9 Å². The van der Waals surface area contributed by atoms with E-state index in [0.717, 1.165) is 49.9 Å². The van der Waals surface area contributed by atoms with Gasteiger partial charge in [0.15, 0.2) is 0 Å². The molecule has 1 saturated heterocycles. The molecule has 29 heavy (non-hydrogen) atoms. The molecule has 1 aliphatic heterocycles. The number of hydrogen-bond acceptors (Lipinski definition) is 4. The molecule has 0 radical (unpaired) electrons. The van der Waals surface area contributed by atoms with Crippen LogP contribution in [0.15, 0.2) is 48.5 Å². The fourth-order valence-electron chi connectivity index (χ4n) is 3.95. The number of benzene rings is 2. The molecule has 2 unspecified atom stereocenters. The summed E-state index contributed by atoms with van der Waals surface area (Å²) in [5.41, 5.74) is 2.34. The smallest absolute Gasteiger partial charge is 0.131 e. The van der Waals surface area contributed by atoms with Crippen molar-refractivity contribution in [3.63, 3.8) is 0 Å². The van der Waals surface area contributed by atoms with Crippen molar-refractivity contribution >= 4 is 0 Å². The van der Waals surface area contributed by atoms with E-state index >= 15 is 0 Å². The van der Waals surface area contributed by atoms with Crippen LogP contribution in [-0.2, 0) is 11.3 Å². The van der Waals surface area contributed by atoms with Crippen LogP contribution in [-0.4, -0.2) is 53.6 Å². The Bertz CT molecular complexity index is 740. The van der Waals surface area contributed by atoms with Crippen LogP contribution in [0.2, 0.25) is 0 Å². The number of rotatable bonds is 10. The number of aliphatic hydroxyl groups excluding tert-OH is 2. The average Bonchev–Trinajstić information content (AvgIpc) is 2.74. The molecule has 0 spiro atoms. The van der Waals surface area contributed by atoms with Crippen LogP contribution in [0.1, 0.15) is 37.7 Å². The molecule has 0 amide bonds. The zero-order valence-electron chi connectivity index (χ0n) is 17.0. The zero-order valence-corrected chi connectivity index (χ0v) is 17.0. The van der Waals surface area contributed by atoms with Gasteiger partial charge >= 0.3 is 0 Å². The summed E-state index contributed by atoms with van der Waals surface area (Å²) < 4.78 is 20.1. The van der Waals surface area contributed by atoms with E-state index in [1.807, 2.05) is 42.5 Å². The van der Waals surface area contributed by atoms with Gasteiger partial charge in [0.2, 0.25) is 0 Å². The van der Waals surface area contributed by atoms with Crippen molar-refractivity contribution in [3.8, 4) is 11.1 Å². The topological polar surface area (TPSA) is 52.9 Å². The average molecular weight is 402 g/mol. The maximum Gasteiger partial charge on any atom is 0.131 e. The summed E-state index contributed by atoms with van der Waals surface area (Å²) in [6.45, 7) is 2.99. The summed E-state index contributed by atoms with van der Waals surface area (Å²) in [4.78, 5) is 2.28. The molecule has 0 aliphatic carbocycles. The summed E-state index contributed by atoms with van der Waals surface area (Å²) in [5.74, 6) is -0.220.